The average molecular weight is 703 g/mol. The smallest absolute Gasteiger partial charge is 0.255 e. The van der Waals surface area contributed by atoms with Crippen LogP contribution in [-0.4, -0.2) is 33.0 Å². The highest BCUT2D eigenvalue weighted by molar-refractivity contribution is 9.10. The maximum Gasteiger partial charge on any atom is 0.255 e. The SMILES string of the molecule is CCCSc1nc2n(n1)C(c1cc(Br)c(OCc3ccc(Cl)cc3Cl)c(OCC)c1)C(C(=O)Nc1ccccc1)=C(C)N2. The quantitative estimate of drug-likeness (QED) is 0.151. The third-order valence-electron chi connectivity index (χ3n) is 6.58. The zero-order valence-corrected chi connectivity index (χ0v) is 27.7. The van der Waals surface area contributed by atoms with Crippen LogP contribution in [0.1, 0.15) is 44.4 Å². The van der Waals surface area contributed by atoms with E-state index in [-0.39, 0.29) is 12.5 Å². The Hall–Kier alpha value is -3.18. The molecule has 12 heteroatoms. The molecule has 0 spiro atoms. The maximum atomic E-state index is 13.9. The molecule has 5 rings (SSSR count). The lowest BCUT2D eigenvalue weighted by atomic mass is 9.94. The van der Waals surface area contributed by atoms with Crippen molar-refractivity contribution in [3.63, 3.8) is 0 Å². The Bertz CT molecular complexity index is 1660. The average Bonchev–Trinajstić information content (AvgIpc) is 3.38. The zero-order chi connectivity index (χ0) is 30.5. The molecule has 1 amide bonds. The van der Waals surface area contributed by atoms with E-state index in [1.54, 1.807) is 28.6 Å². The molecule has 0 saturated heterocycles. The van der Waals surface area contributed by atoms with E-state index in [0.717, 1.165) is 23.3 Å². The van der Waals surface area contributed by atoms with Gasteiger partial charge in [-0.1, -0.05) is 66.2 Å². The number of carbonyl (C=O) groups is 1. The summed E-state index contributed by atoms with van der Waals surface area (Å²) in [5, 5.41) is 12.8. The minimum Gasteiger partial charge on any atom is -0.490 e. The summed E-state index contributed by atoms with van der Waals surface area (Å²) in [5.74, 6) is 2.21. The van der Waals surface area contributed by atoms with Gasteiger partial charge in [-0.2, -0.15) is 4.98 Å². The van der Waals surface area contributed by atoms with Gasteiger partial charge < -0.3 is 20.1 Å². The zero-order valence-electron chi connectivity index (χ0n) is 23.8. The van der Waals surface area contributed by atoms with Gasteiger partial charge in [0.2, 0.25) is 11.1 Å². The minimum atomic E-state index is -0.598. The molecule has 3 aromatic carbocycles. The number of rotatable bonds is 11. The predicted octanol–water partition coefficient (Wildman–Crippen LogP) is 8.75. The fraction of sp³-hybridized carbons (Fsp3) is 0.258. The van der Waals surface area contributed by atoms with Crippen LogP contribution in [0.15, 0.2) is 81.6 Å². The van der Waals surface area contributed by atoms with E-state index in [9.17, 15) is 4.79 Å². The summed E-state index contributed by atoms with van der Waals surface area (Å²) in [7, 11) is 0. The fourth-order valence-electron chi connectivity index (χ4n) is 4.65. The maximum absolute atomic E-state index is 13.9. The van der Waals surface area contributed by atoms with Gasteiger partial charge in [-0.3, -0.25) is 4.79 Å². The van der Waals surface area contributed by atoms with E-state index < -0.39 is 6.04 Å². The molecule has 1 unspecified atom stereocenters. The van der Waals surface area contributed by atoms with Crippen LogP contribution in [0.4, 0.5) is 11.6 Å². The first-order valence-corrected chi connectivity index (χ1v) is 16.3. The van der Waals surface area contributed by atoms with Gasteiger partial charge in [0.25, 0.3) is 5.91 Å². The van der Waals surface area contributed by atoms with Crippen LogP contribution in [0.5, 0.6) is 11.5 Å². The first kappa shape index (κ1) is 31.3. The summed E-state index contributed by atoms with van der Waals surface area (Å²) in [5.41, 5.74) is 3.42. The molecular weight excluding hydrogens is 673 g/mol. The monoisotopic (exact) mass is 701 g/mol. The molecule has 1 aliphatic rings. The summed E-state index contributed by atoms with van der Waals surface area (Å²) in [6.07, 6.45) is 0.987. The first-order valence-electron chi connectivity index (χ1n) is 13.8. The number of hydrogen-bond acceptors (Lipinski definition) is 7. The van der Waals surface area contributed by atoms with Gasteiger partial charge in [-0.25, -0.2) is 4.68 Å². The van der Waals surface area contributed by atoms with Crippen molar-refractivity contribution in [2.24, 2.45) is 0 Å². The number of benzene rings is 3. The van der Waals surface area contributed by atoms with E-state index in [1.807, 2.05) is 62.4 Å². The van der Waals surface area contributed by atoms with E-state index in [4.69, 9.17) is 42.8 Å². The Morgan fingerprint density at radius 2 is 1.91 bits per heavy atom. The lowest BCUT2D eigenvalue weighted by Crippen LogP contribution is -2.31. The molecule has 2 N–H and O–H groups in total. The number of halogens is 3. The molecule has 0 saturated carbocycles. The molecule has 43 heavy (non-hydrogen) atoms. The Kier molecular flexibility index (Phi) is 10.2. The lowest BCUT2D eigenvalue weighted by Gasteiger charge is -2.29. The number of para-hydroxylation sites is 1. The van der Waals surface area contributed by atoms with E-state index in [1.165, 1.54) is 0 Å². The van der Waals surface area contributed by atoms with Crippen LogP contribution < -0.4 is 20.1 Å². The van der Waals surface area contributed by atoms with Crippen LogP contribution in [0, 0.1) is 0 Å². The van der Waals surface area contributed by atoms with E-state index >= 15 is 0 Å². The second-order valence-corrected chi connectivity index (χ2v) is 12.4. The van der Waals surface area contributed by atoms with Gasteiger partial charge in [-0.05, 0) is 78.2 Å². The largest absolute Gasteiger partial charge is 0.490 e. The summed E-state index contributed by atoms with van der Waals surface area (Å²) in [6.45, 7) is 6.49. The van der Waals surface area contributed by atoms with Crippen molar-refractivity contribution in [2.45, 2.75) is 45.0 Å². The Labute approximate surface area is 273 Å². The van der Waals surface area contributed by atoms with Gasteiger partial charge >= 0.3 is 0 Å². The van der Waals surface area contributed by atoms with Crippen LogP contribution >= 0.6 is 50.9 Å². The molecule has 0 bridgehead atoms. The number of nitrogens with zero attached hydrogens (tertiary/aromatic N) is 3. The fourth-order valence-corrected chi connectivity index (χ4v) is 6.37. The third-order valence-corrected chi connectivity index (χ3v) is 8.80. The highest BCUT2D eigenvalue weighted by Gasteiger charge is 2.35. The van der Waals surface area contributed by atoms with Gasteiger partial charge in [0.05, 0.1) is 16.7 Å². The highest BCUT2D eigenvalue weighted by Crippen LogP contribution is 2.44. The topological polar surface area (TPSA) is 90.3 Å². The molecule has 1 atom stereocenters. The Morgan fingerprint density at radius 1 is 1.12 bits per heavy atom. The predicted molar refractivity (Wildman–Crippen MR) is 177 cm³/mol. The van der Waals surface area contributed by atoms with Crippen LogP contribution in [-0.2, 0) is 11.4 Å². The summed E-state index contributed by atoms with van der Waals surface area (Å²) in [4.78, 5) is 18.6. The number of nitrogens with one attached hydrogen (secondary N) is 2. The van der Waals surface area contributed by atoms with Gasteiger partial charge in [-0.15, -0.1) is 5.10 Å². The number of thioether (sulfide) groups is 1. The summed E-state index contributed by atoms with van der Waals surface area (Å²) < 4.78 is 14.7. The Morgan fingerprint density at radius 3 is 2.63 bits per heavy atom. The normalized spacial score (nSPS) is 14.2. The molecule has 2 heterocycles. The van der Waals surface area contributed by atoms with Crippen LogP contribution in [0.2, 0.25) is 10.0 Å². The molecule has 1 aromatic heterocycles. The van der Waals surface area contributed by atoms with Crippen LogP contribution in [0.3, 0.4) is 0 Å². The number of fused-ring (bicyclic) bond motifs is 1. The van der Waals surface area contributed by atoms with Gasteiger partial charge in [0.1, 0.15) is 12.6 Å². The number of aromatic nitrogens is 3. The molecule has 0 fully saturated rings. The molecule has 0 aliphatic carbocycles. The van der Waals surface area contributed by atoms with Gasteiger partial charge in [0, 0.05) is 32.7 Å². The highest BCUT2D eigenvalue weighted by atomic mass is 79.9. The number of anilines is 2. The lowest BCUT2D eigenvalue weighted by molar-refractivity contribution is -0.113. The number of ether oxygens (including phenoxy) is 2. The molecule has 4 aromatic rings. The van der Waals surface area contributed by atoms with E-state index in [2.05, 4.69) is 33.5 Å². The number of carbonyl (C=O) groups excluding carboxylic acids is 1. The molecular formula is C31H30BrCl2N5O3S. The van der Waals surface area contributed by atoms with Crippen molar-refractivity contribution >= 4 is 68.4 Å². The minimum absolute atomic E-state index is 0.205. The third kappa shape index (κ3) is 7.15. The van der Waals surface area contributed by atoms with Crippen molar-refractivity contribution < 1.29 is 14.3 Å². The molecule has 1 aliphatic heterocycles. The standard InChI is InChI=1S/C31H30BrCl2N5O3S/c1-4-13-43-31-37-30-35-18(3)26(29(40)36-22-9-7-6-8-10-22)27(39(30)38-31)20-14-23(32)28(25(15-20)41-5-2)42-17-19-11-12-21(33)16-24(19)34/h6-12,14-16,27H,4-5,13,17H2,1-3H3,(H,36,40)(H,35,37,38). The molecule has 0 radical (unpaired) electrons. The van der Waals surface area contributed by atoms with Gasteiger partial charge in [0.15, 0.2) is 11.5 Å². The van der Waals surface area contributed by atoms with E-state index in [0.29, 0.717) is 60.7 Å². The van der Waals surface area contributed by atoms with Crippen molar-refractivity contribution in [1.29, 1.82) is 0 Å². The van der Waals surface area contributed by atoms with Crippen LogP contribution in [0.25, 0.3) is 0 Å². The number of amides is 1. The van der Waals surface area contributed by atoms with Crippen molar-refractivity contribution in [3.05, 3.63) is 97.6 Å². The van der Waals surface area contributed by atoms with Crippen molar-refractivity contribution in [1.82, 2.24) is 14.8 Å². The molecule has 224 valence electrons. The number of allylic oxidation sites excluding steroid dienone is 1. The second kappa shape index (κ2) is 14.1. The summed E-state index contributed by atoms with van der Waals surface area (Å²) in [6, 6.07) is 17.8. The summed E-state index contributed by atoms with van der Waals surface area (Å²) >= 11 is 17.7. The molecule has 8 nitrogen and oxygen atoms in total. The Balaban J connectivity index is 1.56. The first-order chi connectivity index (χ1) is 20.8. The second-order valence-electron chi connectivity index (χ2n) is 9.68. The van der Waals surface area contributed by atoms with Crippen molar-refractivity contribution in [3.8, 4) is 11.5 Å². The van der Waals surface area contributed by atoms with Crippen molar-refractivity contribution in [2.75, 3.05) is 23.0 Å². The number of hydrogen-bond donors (Lipinski definition) is 2.